The maximum Gasteiger partial charge on any atom is 0.333 e. The second-order valence-corrected chi connectivity index (χ2v) is 7.68. The largest absolute Gasteiger partial charge is 0.480 e. The summed E-state index contributed by atoms with van der Waals surface area (Å²) in [5, 5.41) is 12.5. The second-order valence-electron chi connectivity index (χ2n) is 7.68. The Morgan fingerprint density at radius 3 is 2.35 bits per heavy atom. The fourth-order valence-electron chi connectivity index (χ4n) is 3.40. The van der Waals surface area contributed by atoms with Gasteiger partial charge in [0.25, 0.3) is 5.91 Å². The quantitative estimate of drug-likeness (QED) is 0.273. The minimum absolute atomic E-state index is 0.0453. The lowest BCUT2D eigenvalue weighted by atomic mass is 10.0. The molecule has 10 heteroatoms. The molecule has 0 saturated heterocycles. The van der Waals surface area contributed by atoms with Crippen LogP contribution in [0.4, 0.5) is 11.8 Å². The van der Waals surface area contributed by atoms with E-state index in [9.17, 15) is 19.5 Å². The molecular weight excluding hydrogens is 438 g/mol. The minimum atomic E-state index is -1.31. The first-order valence-electron chi connectivity index (χ1n) is 10.4. The maximum atomic E-state index is 12.5. The first-order chi connectivity index (χ1) is 16.2. The second kappa shape index (κ2) is 10.4. The predicted molar refractivity (Wildman–Crippen MR) is 127 cm³/mol. The average molecular weight is 463 g/mol. The molecule has 0 aliphatic rings. The molecular formula is C24H25N5O5. The topological polar surface area (TPSA) is 171 Å². The van der Waals surface area contributed by atoms with E-state index in [2.05, 4.69) is 26.6 Å². The van der Waals surface area contributed by atoms with E-state index in [1.807, 2.05) is 18.2 Å². The summed E-state index contributed by atoms with van der Waals surface area (Å²) in [7, 11) is 1.17. The molecule has 0 radical (unpaired) electrons. The molecule has 0 aliphatic heterocycles. The number of nitrogens with zero attached hydrogens (tertiary/aromatic N) is 2. The van der Waals surface area contributed by atoms with Gasteiger partial charge in [0.1, 0.15) is 11.9 Å². The Bertz CT molecular complexity index is 1260. The van der Waals surface area contributed by atoms with Crippen molar-refractivity contribution < 1.29 is 24.2 Å². The Labute approximate surface area is 195 Å². The number of aromatic nitrogens is 2. The molecule has 6 N–H and O–H groups in total. The highest BCUT2D eigenvalue weighted by Crippen LogP contribution is 2.21. The third-order valence-corrected chi connectivity index (χ3v) is 5.25. The lowest BCUT2D eigenvalue weighted by Crippen LogP contribution is -2.41. The number of carboxylic acid groups (broad SMARTS) is 1. The highest BCUT2D eigenvalue weighted by Gasteiger charge is 2.24. The van der Waals surface area contributed by atoms with Crippen LogP contribution in [0.2, 0.25) is 0 Å². The number of nitrogens with two attached hydrogens (primary N) is 2. The molecule has 0 aliphatic carbocycles. The number of carboxylic acids is 1. The number of hydrogen-bond acceptors (Lipinski definition) is 8. The van der Waals surface area contributed by atoms with Gasteiger partial charge < -0.3 is 26.6 Å². The number of ether oxygens (including phenoxy) is 1. The van der Waals surface area contributed by atoms with Gasteiger partial charge in [0.15, 0.2) is 0 Å². The lowest BCUT2D eigenvalue weighted by Gasteiger charge is -2.15. The Hall–Kier alpha value is -4.47. The minimum Gasteiger partial charge on any atom is -0.480 e. The van der Waals surface area contributed by atoms with Gasteiger partial charge >= 0.3 is 11.9 Å². The van der Waals surface area contributed by atoms with Crippen molar-refractivity contribution in [2.45, 2.75) is 25.3 Å². The van der Waals surface area contributed by atoms with Crippen molar-refractivity contribution in [3.8, 4) is 0 Å². The van der Waals surface area contributed by atoms with E-state index in [4.69, 9.17) is 11.5 Å². The van der Waals surface area contributed by atoms with Crippen LogP contribution in [0.5, 0.6) is 0 Å². The van der Waals surface area contributed by atoms with E-state index in [-0.39, 0.29) is 17.9 Å². The zero-order valence-corrected chi connectivity index (χ0v) is 18.6. The SMILES string of the molecule is C=C(C[C@H](NC(=O)c1ccc(CCc2ccc3nc(N)nc(N)c3c2)cc1)C(=O)O)C(=O)OC. The van der Waals surface area contributed by atoms with Crippen molar-refractivity contribution in [3.63, 3.8) is 0 Å². The number of carbonyl (C=O) groups excluding carboxylic acids is 2. The third-order valence-electron chi connectivity index (χ3n) is 5.25. The number of carbonyl (C=O) groups is 3. The fourth-order valence-corrected chi connectivity index (χ4v) is 3.40. The van der Waals surface area contributed by atoms with Gasteiger partial charge in [-0.1, -0.05) is 24.8 Å². The number of fused-ring (bicyclic) bond motifs is 1. The molecule has 0 spiro atoms. The van der Waals surface area contributed by atoms with Crippen LogP contribution in [0.3, 0.4) is 0 Å². The van der Waals surface area contributed by atoms with Gasteiger partial charge in [-0.25, -0.2) is 14.6 Å². The number of methoxy groups -OCH3 is 1. The van der Waals surface area contributed by atoms with E-state index in [1.165, 1.54) is 7.11 Å². The van der Waals surface area contributed by atoms with Gasteiger partial charge in [-0.15, -0.1) is 0 Å². The summed E-state index contributed by atoms with van der Waals surface area (Å²) >= 11 is 0. The van der Waals surface area contributed by atoms with Crippen molar-refractivity contribution in [2.75, 3.05) is 18.6 Å². The molecule has 1 atom stereocenters. The van der Waals surface area contributed by atoms with E-state index < -0.39 is 23.9 Å². The van der Waals surface area contributed by atoms with E-state index >= 15 is 0 Å². The molecule has 2 aromatic carbocycles. The fraction of sp³-hybridized carbons (Fsp3) is 0.208. The maximum absolute atomic E-state index is 12.5. The van der Waals surface area contributed by atoms with Crippen molar-refractivity contribution >= 4 is 40.5 Å². The summed E-state index contributed by atoms with van der Waals surface area (Å²) in [4.78, 5) is 43.6. The smallest absolute Gasteiger partial charge is 0.333 e. The van der Waals surface area contributed by atoms with Crippen molar-refractivity contribution in [1.82, 2.24) is 15.3 Å². The molecule has 0 saturated carbocycles. The Morgan fingerprint density at radius 1 is 1.06 bits per heavy atom. The zero-order valence-electron chi connectivity index (χ0n) is 18.6. The van der Waals surface area contributed by atoms with Crippen molar-refractivity contribution in [3.05, 3.63) is 71.3 Å². The van der Waals surface area contributed by atoms with Crippen LogP contribution in [0.25, 0.3) is 10.9 Å². The van der Waals surface area contributed by atoms with Gasteiger partial charge in [0, 0.05) is 22.9 Å². The highest BCUT2D eigenvalue weighted by molar-refractivity contribution is 5.97. The van der Waals surface area contributed by atoms with Crippen molar-refractivity contribution in [2.24, 2.45) is 0 Å². The third kappa shape index (κ3) is 5.85. The molecule has 1 aromatic heterocycles. The monoisotopic (exact) mass is 463 g/mol. The number of esters is 1. The number of benzene rings is 2. The van der Waals surface area contributed by atoms with Crippen LogP contribution in [-0.4, -0.2) is 46.1 Å². The number of amides is 1. The van der Waals surface area contributed by atoms with Gasteiger partial charge in [-0.05, 0) is 48.2 Å². The van der Waals surface area contributed by atoms with Gasteiger partial charge in [0.2, 0.25) is 5.95 Å². The Morgan fingerprint density at radius 2 is 1.71 bits per heavy atom. The molecule has 1 amide bonds. The zero-order chi connectivity index (χ0) is 24.8. The van der Waals surface area contributed by atoms with Crippen LogP contribution < -0.4 is 16.8 Å². The van der Waals surface area contributed by atoms with Crippen LogP contribution >= 0.6 is 0 Å². The molecule has 34 heavy (non-hydrogen) atoms. The van der Waals surface area contributed by atoms with Gasteiger partial charge in [0.05, 0.1) is 12.6 Å². The van der Waals surface area contributed by atoms with Crippen LogP contribution in [-0.2, 0) is 27.2 Å². The van der Waals surface area contributed by atoms with Crippen LogP contribution in [0, 0.1) is 0 Å². The van der Waals surface area contributed by atoms with Crippen LogP contribution in [0.1, 0.15) is 27.9 Å². The summed E-state index contributed by atoms with van der Waals surface area (Å²) in [6.45, 7) is 3.50. The lowest BCUT2D eigenvalue weighted by molar-refractivity contribution is -0.139. The van der Waals surface area contributed by atoms with Gasteiger partial charge in [-0.2, -0.15) is 4.98 Å². The predicted octanol–water partition coefficient (Wildman–Crippen LogP) is 1.88. The molecule has 3 rings (SSSR count). The van der Waals surface area contributed by atoms with E-state index in [0.717, 1.165) is 22.9 Å². The van der Waals surface area contributed by atoms with Gasteiger partial charge in [-0.3, -0.25) is 4.79 Å². The summed E-state index contributed by atoms with van der Waals surface area (Å²) in [5.41, 5.74) is 14.5. The highest BCUT2D eigenvalue weighted by atomic mass is 16.5. The number of aryl methyl sites for hydroxylation is 2. The Kier molecular flexibility index (Phi) is 7.42. The van der Waals surface area contributed by atoms with Crippen molar-refractivity contribution in [1.29, 1.82) is 0 Å². The van der Waals surface area contributed by atoms with E-state index in [1.54, 1.807) is 24.3 Å². The summed E-state index contributed by atoms with van der Waals surface area (Å²) in [6.07, 6.45) is 1.17. The average Bonchev–Trinajstić information content (AvgIpc) is 2.81. The first-order valence-corrected chi connectivity index (χ1v) is 10.4. The number of rotatable bonds is 9. The van der Waals surface area contributed by atoms with Crippen LogP contribution in [0.15, 0.2) is 54.6 Å². The molecule has 3 aromatic rings. The molecule has 1 heterocycles. The standard InChI is InChI=1S/C24H25N5O5/c1-13(23(33)34-2)11-19(22(31)32)27-21(30)16-8-5-14(6-9-16)3-4-15-7-10-18-17(12-15)20(25)29-24(26)28-18/h5-10,12,19H,1,3-4,11H2,2H3,(H,27,30)(H,31,32)(H4,25,26,28,29)/t19-/m0/s1. The molecule has 10 nitrogen and oxygen atoms in total. The summed E-state index contributed by atoms with van der Waals surface area (Å²) in [6, 6.07) is 11.3. The first kappa shape index (κ1) is 24.2. The molecule has 0 unspecified atom stereocenters. The number of hydrogen-bond donors (Lipinski definition) is 4. The summed E-state index contributed by atoms with van der Waals surface area (Å²) < 4.78 is 4.52. The number of nitrogens with one attached hydrogen (secondary N) is 1. The summed E-state index contributed by atoms with van der Waals surface area (Å²) in [5.74, 6) is -2.12. The molecule has 176 valence electrons. The Balaban J connectivity index is 1.62. The molecule has 0 fully saturated rings. The van der Waals surface area contributed by atoms with E-state index in [0.29, 0.717) is 23.3 Å². The number of anilines is 2. The normalized spacial score (nSPS) is 11.6. The number of aliphatic carboxylic acids is 1. The number of nitrogen functional groups attached to an aromatic ring is 2. The molecule has 0 bridgehead atoms.